The molecule has 1 amide bonds. The van der Waals surface area contributed by atoms with Gasteiger partial charge in [-0.05, 0) is 83.5 Å². The minimum Gasteiger partial charge on any atom is -0.394 e. The van der Waals surface area contributed by atoms with E-state index in [9.17, 15) is 61.0 Å². The van der Waals surface area contributed by atoms with Gasteiger partial charge < -0.3 is 89.9 Å². The Hall–Kier alpha value is -3.55. The van der Waals surface area contributed by atoms with Crippen molar-refractivity contribution < 1.29 is 89.4 Å². The second-order valence-corrected chi connectivity index (χ2v) is 20.7. The summed E-state index contributed by atoms with van der Waals surface area (Å²) >= 11 is 0. The van der Waals surface area contributed by atoms with E-state index in [1.807, 2.05) is 0 Å². The Morgan fingerprint density at radius 1 is 0.457 bits per heavy atom. The topological polar surface area (TPSA) is 307 Å². The Labute approximate surface area is 481 Å². The van der Waals surface area contributed by atoms with Crippen LogP contribution in [0, 0.1) is 0 Å². The molecule has 3 saturated heterocycles. The summed E-state index contributed by atoms with van der Waals surface area (Å²) in [4.78, 5) is 13.2. The van der Waals surface area contributed by atoms with Crippen LogP contribution in [0.15, 0.2) is 109 Å². The smallest absolute Gasteiger partial charge is 0.220 e. The summed E-state index contributed by atoms with van der Waals surface area (Å²) in [6.07, 6.45) is 29.8. The summed E-state index contributed by atoms with van der Waals surface area (Å²) in [7, 11) is 0. The van der Waals surface area contributed by atoms with E-state index in [1.165, 1.54) is 0 Å². The number of carbonyl (C=O) groups excluding carboxylic acids is 1. The quantitative estimate of drug-likeness (QED) is 0.0278. The van der Waals surface area contributed by atoms with Crippen molar-refractivity contribution in [3.05, 3.63) is 109 Å². The van der Waals surface area contributed by atoms with Crippen LogP contribution in [0.25, 0.3) is 0 Å². The van der Waals surface area contributed by atoms with Gasteiger partial charge in [-0.1, -0.05) is 162 Å². The van der Waals surface area contributed by atoms with Gasteiger partial charge in [0.05, 0.1) is 38.6 Å². The van der Waals surface area contributed by atoms with Gasteiger partial charge in [-0.25, -0.2) is 0 Å². The fraction of sp³-hybridized carbons (Fsp3) is 0.694. The Bertz CT molecular complexity index is 1900. The average Bonchev–Trinajstić information content (AvgIpc) is 3.48. The normalized spacial score (nSPS) is 30.6. The van der Waals surface area contributed by atoms with Gasteiger partial charge in [-0.3, -0.25) is 4.79 Å². The number of aliphatic hydroxyl groups excluding tert-OH is 11. The maximum atomic E-state index is 13.2. The molecule has 3 heterocycles. The van der Waals surface area contributed by atoms with Crippen molar-refractivity contribution >= 4 is 5.91 Å². The highest BCUT2D eigenvalue weighted by Crippen LogP contribution is 2.33. The van der Waals surface area contributed by atoms with Crippen LogP contribution in [0.4, 0.5) is 0 Å². The van der Waals surface area contributed by atoms with E-state index < -0.39 is 124 Å². The van der Waals surface area contributed by atoms with Gasteiger partial charge in [0.25, 0.3) is 0 Å². The third-order valence-electron chi connectivity index (χ3n) is 14.0. The van der Waals surface area contributed by atoms with E-state index in [1.54, 1.807) is 12.2 Å². The minimum atomic E-state index is -1.99. The van der Waals surface area contributed by atoms with Crippen molar-refractivity contribution in [2.45, 2.75) is 247 Å². The number of aliphatic hydroxyl groups is 11. The van der Waals surface area contributed by atoms with E-state index in [2.05, 4.69) is 116 Å². The zero-order chi connectivity index (χ0) is 59.0. The largest absolute Gasteiger partial charge is 0.394 e. The summed E-state index contributed by atoms with van der Waals surface area (Å²) < 4.78 is 34.1. The van der Waals surface area contributed by atoms with E-state index in [0.717, 1.165) is 109 Å². The lowest BCUT2D eigenvalue weighted by molar-refractivity contribution is -0.379. The Morgan fingerprint density at radius 3 is 1.37 bits per heavy atom. The molecule has 17 atom stereocenters. The molecule has 17 unspecified atom stereocenters. The van der Waals surface area contributed by atoms with Crippen molar-refractivity contribution in [3.8, 4) is 0 Å². The van der Waals surface area contributed by atoms with Crippen molar-refractivity contribution in [2.75, 3.05) is 26.4 Å². The van der Waals surface area contributed by atoms with E-state index in [4.69, 9.17) is 28.4 Å². The zero-order valence-corrected chi connectivity index (χ0v) is 48.0. The predicted octanol–water partition coefficient (Wildman–Crippen LogP) is 5.14. The number of carbonyl (C=O) groups is 1. The summed E-state index contributed by atoms with van der Waals surface area (Å²) in [5.74, 6) is -0.309. The molecular weight excluding hydrogens is 1050 g/mol. The van der Waals surface area contributed by atoms with E-state index >= 15 is 0 Å². The highest BCUT2D eigenvalue weighted by Gasteiger charge is 2.53. The number of ether oxygens (including phenoxy) is 6. The lowest BCUT2D eigenvalue weighted by Gasteiger charge is -2.48. The molecule has 81 heavy (non-hydrogen) atoms. The second kappa shape index (κ2) is 44.0. The molecule has 3 rings (SSSR count). The molecule has 19 heteroatoms. The average molecular weight is 1150 g/mol. The van der Waals surface area contributed by atoms with Gasteiger partial charge >= 0.3 is 0 Å². The fourth-order valence-corrected chi connectivity index (χ4v) is 9.19. The first-order valence-electron chi connectivity index (χ1n) is 29.6. The first kappa shape index (κ1) is 71.7. The third kappa shape index (κ3) is 27.8. The molecule has 3 aliphatic rings. The standard InChI is InChI=1S/C62H101NO18/c1-3-5-7-9-11-12-13-14-15-16-17-18-19-20-21-22-23-24-25-26-27-28-29-30-31-32-34-36-38-40-50(68)63-45(46(67)39-37-35-33-10-8-6-4-2)44-76-60-56(74)53(71)58(48(42-65)78-60)81-62-57(75)54(72)59(49(43-66)79-62)80-61-55(73)52(70)51(69)47(41-64)77-61/h5,7-8,10-12,14-15,17-18,20-21,23-24,26-27,37,39,45-49,51-62,64-67,69-75H,3-4,6,9,13,16,19,22,25,28-36,38,40-44H2,1-2H3,(H,63,68)/b7-5-,10-8+,12-11-,15-14-,18-17-,21-20-,24-23-,27-26-,39-37+. The summed E-state index contributed by atoms with van der Waals surface area (Å²) in [5.41, 5.74) is 0. The van der Waals surface area contributed by atoms with E-state index in [-0.39, 0.29) is 18.9 Å². The molecule has 3 fully saturated rings. The molecule has 0 bridgehead atoms. The number of hydrogen-bond donors (Lipinski definition) is 12. The second-order valence-electron chi connectivity index (χ2n) is 20.7. The number of allylic oxidation sites excluding steroid dienone is 17. The Kier molecular flexibility index (Phi) is 39.0. The van der Waals surface area contributed by atoms with Crippen LogP contribution in [0.1, 0.15) is 142 Å². The van der Waals surface area contributed by atoms with Gasteiger partial charge in [0.15, 0.2) is 18.9 Å². The summed E-state index contributed by atoms with van der Waals surface area (Å²) in [6.45, 7) is 1.41. The minimum absolute atomic E-state index is 0.213. The van der Waals surface area contributed by atoms with Crippen molar-refractivity contribution in [3.63, 3.8) is 0 Å². The van der Waals surface area contributed by atoms with Crippen LogP contribution in [-0.4, -0.2) is 193 Å². The monoisotopic (exact) mass is 1150 g/mol. The lowest BCUT2D eigenvalue weighted by atomic mass is 9.96. The predicted molar refractivity (Wildman–Crippen MR) is 309 cm³/mol. The van der Waals surface area contributed by atoms with Crippen LogP contribution >= 0.6 is 0 Å². The maximum absolute atomic E-state index is 13.2. The van der Waals surface area contributed by atoms with Crippen LogP contribution in [-0.2, 0) is 33.2 Å². The third-order valence-corrected chi connectivity index (χ3v) is 14.0. The van der Waals surface area contributed by atoms with Crippen molar-refractivity contribution in [1.29, 1.82) is 0 Å². The molecule has 0 aromatic carbocycles. The van der Waals surface area contributed by atoms with Crippen LogP contribution in [0.2, 0.25) is 0 Å². The summed E-state index contributed by atoms with van der Waals surface area (Å²) in [5, 5.41) is 120. The van der Waals surface area contributed by atoms with Gasteiger partial charge in [0.2, 0.25) is 5.91 Å². The Balaban J connectivity index is 1.40. The Morgan fingerprint density at radius 2 is 0.864 bits per heavy atom. The van der Waals surface area contributed by atoms with Crippen LogP contribution < -0.4 is 5.32 Å². The molecule has 0 aliphatic carbocycles. The van der Waals surface area contributed by atoms with Crippen LogP contribution in [0.5, 0.6) is 0 Å². The first-order valence-corrected chi connectivity index (χ1v) is 29.6. The van der Waals surface area contributed by atoms with Crippen LogP contribution in [0.3, 0.4) is 0 Å². The van der Waals surface area contributed by atoms with E-state index in [0.29, 0.717) is 12.8 Å². The van der Waals surface area contributed by atoms with Gasteiger partial charge in [0.1, 0.15) is 73.2 Å². The number of amides is 1. The van der Waals surface area contributed by atoms with Crippen molar-refractivity contribution in [2.24, 2.45) is 0 Å². The van der Waals surface area contributed by atoms with Gasteiger partial charge in [0, 0.05) is 6.42 Å². The zero-order valence-electron chi connectivity index (χ0n) is 48.0. The fourth-order valence-electron chi connectivity index (χ4n) is 9.19. The molecule has 0 radical (unpaired) electrons. The molecule has 0 aromatic rings. The molecule has 0 aromatic heterocycles. The SMILES string of the molecule is CC/C=C\C/C=C\C/C=C\C/C=C\C/C=C\C/C=C\C/C=C\CCCCCCCCCC(=O)NC(COC1OC(CO)C(OC2OC(CO)C(OC3OC(CO)C(O)C(O)C3O)C(O)C2O)C(O)C1O)C(O)/C=C/CC/C=C/CCC. The number of unbranched alkanes of at least 4 members (excludes halogenated alkanes) is 9. The first-order chi connectivity index (χ1) is 39.3. The molecule has 12 N–H and O–H groups in total. The van der Waals surface area contributed by atoms with Gasteiger partial charge in [-0.2, -0.15) is 0 Å². The molecule has 462 valence electrons. The number of nitrogens with one attached hydrogen (secondary N) is 1. The van der Waals surface area contributed by atoms with Gasteiger partial charge in [-0.15, -0.1) is 0 Å². The molecule has 3 aliphatic heterocycles. The highest BCUT2D eigenvalue weighted by molar-refractivity contribution is 5.76. The molecule has 19 nitrogen and oxygen atoms in total. The highest BCUT2D eigenvalue weighted by atomic mass is 16.8. The maximum Gasteiger partial charge on any atom is 0.220 e. The number of hydrogen-bond acceptors (Lipinski definition) is 18. The van der Waals surface area contributed by atoms with Crippen molar-refractivity contribution in [1.82, 2.24) is 5.32 Å². The molecular formula is C62H101NO18. The molecule has 0 saturated carbocycles. The lowest BCUT2D eigenvalue weighted by Crippen LogP contribution is -2.66. The molecule has 0 spiro atoms. The number of rotatable bonds is 41. The summed E-state index contributed by atoms with van der Waals surface area (Å²) in [6, 6.07) is -1.00.